The van der Waals surface area contributed by atoms with Crippen molar-refractivity contribution < 1.29 is 13.7 Å². The summed E-state index contributed by atoms with van der Waals surface area (Å²) in [6, 6.07) is 27.7. The molecule has 0 spiro atoms. The van der Waals surface area contributed by atoms with Crippen LogP contribution in [-0.4, -0.2) is 12.5 Å². The molecule has 0 aliphatic carbocycles. The molecule has 0 bridgehead atoms. The van der Waals surface area contributed by atoms with Crippen LogP contribution in [0, 0.1) is 0 Å². The van der Waals surface area contributed by atoms with Crippen molar-refractivity contribution >= 4 is 30.4 Å². The minimum atomic E-state index is -3.29. The van der Waals surface area contributed by atoms with Gasteiger partial charge in [-0.25, -0.2) is 0 Å². The van der Waals surface area contributed by atoms with E-state index in [4.69, 9.17) is 4.52 Å². The lowest BCUT2D eigenvalue weighted by Crippen LogP contribution is -2.21. The lowest BCUT2D eigenvalue weighted by Gasteiger charge is -2.25. The Morgan fingerprint density at radius 3 is 1.42 bits per heavy atom. The summed E-state index contributed by atoms with van der Waals surface area (Å²) in [6.07, 6.45) is 0. The largest absolute Gasteiger partial charge is 0.325 e. The van der Waals surface area contributed by atoms with Crippen LogP contribution in [0.4, 0.5) is 0 Å². The third kappa shape index (κ3) is 3.91. The van der Waals surface area contributed by atoms with Gasteiger partial charge in [0.05, 0.1) is 12.5 Å². The maximum absolute atomic E-state index is 14.2. The second kappa shape index (κ2) is 8.18. The van der Waals surface area contributed by atoms with Crippen molar-refractivity contribution in [2.45, 2.75) is 6.92 Å². The maximum atomic E-state index is 14.2. The molecule has 0 heterocycles. The summed E-state index contributed by atoms with van der Waals surface area (Å²) in [5.74, 6) is -0.0219. The Bertz CT molecular complexity index is 882. The fourth-order valence-corrected chi connectivity index (χ4v) is 10.2. The van der Waals surface area contributed by atoms with E-state index in [1.807, 2.05) is 85.8 Å². The molecule has 0 aliphatic rings. The van der Waals surface area contributed by atoms with Crippen molar-refractivity contribution in [2.24, 2.45) is 0 Å². The van der Waals surface area contributed by atoms with E-state index in [0.717, 1.165) is 0 Å². The topological polar surface area (TPSA) is 43.4 Å². The van der Waals surface area contributed by atoms with Gasteiger partial charge in [0.2, 0.25) is 7.37 Å². The molecule has 3 aromatic rings. The molecule has 0 radical (unpaired) electrons. The Morgan fingerprint density at radius 1 is 0.654 bits per heavy atom. The molecule has 0 saturated carbocycles. The van der Waals surface area contributed by atoms with Gasteiger partial charge in [-0.15, -0.1) is 0 Å². The normalized spacial score (nSPS) is 13.9. The van der Waals surface area contributed by atoms with Crippen molar-refractivity contribution in [1.29, 1.82) is 0 Å². The van der Waals surface area contributed by atoms with Gasteiger partial charge in [0, 0.05) is 15.9 Å². The highest BCUT2D eigenvalue weighted by Crippen LogP contribution is 2.60. The standard InChI is InChI=1S/C21H22O3P2/c1-2-24-26(23,21-16-10-5-11-17-21)18-25(22,19-12-6-3-7-13-19)20-14-8-4-9-15-20/h3-17H,2,18H2,1H3. The zero-order valence-electron chi connectivity index (χ0n) is 14.7. The summed E-state index contributed by atoms with van der Waals surface area (Å²) < 4.78 is 33.7. The highest BCUT2D eigenvalue weighted by molar-refractivity contribution is 7.89. The van der Waals surface area contributed by atoms with Crippen molar-refractivity contribution in [1.82, 2.24) is 0 Å². The van der Waals surface area contributed by atoms with E-state index in [2.05, 4.69) is 0 Å². The quantitative estimate of drug-likeness (QED) is 0.560. The monoisotopic (exact) mass is 384 g/mol. The van der Waals surface area contributed by atoms with E-state index in [9.17, 15) is 9.13 Å². The summed E-state index contributed by atoms with van der Waals surface area (Å²) in [4.78, 5) is 0. The molecule has 0 fully saturated rings. The molecule has 5 heteroatoms. The zero-order chi connectivity index (χ0) is 18.5. The third-order valence-electron chi connectivity index (χ3n) is 4.22. The molecule has 0 aromatic heterocycles. The van der Waals surface area contributed by atoms with Gasteiger partial charge >= 0.3 is 0 Å². The van der Waals surface area contributed by atoms with Crippen LogP contribution in [0.3, 0.4) is 0 Å². The molecule has 1 atom stereocenters. The molecule has 26 heavy (non-hydrogen) atoms. The van der Waals surface area contributed by atoms with E-state index >= 15 is 0 Å². The smallest absolute Gasteiger partial charge is 0.239 e. The number of hydrogen-bond acceptors (Lipinski definition) is 3. The van der Waals surface area contributed by atoms with E-state index in [0.29, 0.717) is 22.5 Å². The minimum Gasteiger partial charge on any atom is -0.325 e. The van der Waals surface area contributed by atoms with Crippen LogP contribution < -0.4 is 15.9 Å². The van der Waals surface area contributed by atoms with Crippen LogP contribution in [0.5, 0.6) is 0 Å². The van der Waals surface area contributed by atoms with Crippen LogP contribution in [-0.2, 0) is 13.7 Å². The molecule has 3 rings (SSSR count). The van der Waals surface area contributed by atoms with Gasteiger partial charge in [-0.3, -0.25) is 4.57 Å². The fourth-order valence-electron chi connectivity index (χ4n) is 2.97. The number of rotatable bonds is 7. The molecule has 0 N–H and O–H groups in total. The average molecular weight is 384 g/mol. The van der Waals surface area contributed by atoms with E-state index < -0.39 is 14.5 Å². The first-order valence-electron chi connectivity index (χ1n) is 8.58. The Morgan fingerprint density at radius 2 is 1.04 bits per heavy atom. The van der Waals surface area contributed by atoms with Crippen LogP contribution in [0.1, 0.15) is 6.92 Å². The van der Waals surface area contributed by atoms with Gasteiger partial charge < -0.3 is 9.09 Å². The molecular formula is C21H22O3P2. The Kier molecular flexibility index (Phi) is 5.94. The van der Waals surface area contributed by atoms with Crippen molar-refractivity contribution in [2.75, 3.05) is 12.5 Å². The number of hydrogen-bond donors (Lipinski definition) is 0. The first kappa shape index (κ1) is 18.9. The first-order valence-corrected chi connectivity index (χ1v) is 12.3. The van der Waals surface area contributed by atoms with Gasteiger partial charge in [-0.05, 0) is 19.1 Å². The highest BCUT2D eigenvalue weighted by Gasteiger charge is 2.38. The SMILES string of the molecule is CCOP(=O)(CP(=O)(c1ccccc1)c1ccccc1)c1ccccc1. The van der Waals surface area contributed by atoms with Gasteiger partial charge in [-0.2, -0.15) is 0 Å². The number of benzene rings is 3. The van der Waals surface area contributed by atoms with Crippen LogP contribution in [0.15, 0.2) is 91.0 Å². The lowest BCUT2D eigenvalue weighted by molar-refractivity contribution is 0.343. The second-order valence-corrected chi connectivity index (χ2v) is 11.7. The molecular weight excluding hydrogens is 362 g/mol. The molecule has 134 valence electrons. The van der Waals surface area contributed by atoms with E-state index in [-0.39, 0.29) is 5.90 Å². The molecule has 1 unspecified atom stereocenters. The molecule has 0 aliphatic heterocycles. The van der Waals surface area contributed by atoms with Crippen LogP contribution >= 0.6 is 14.5 Å². The summed E-state index contributed by atoms with van der Waals surface area (Å²) in [7, 11) is -6.42. The summed E-state index contributed by atoms with van der Waals surface area (Å²) in [5, 5.41) is 2.00. The third-order valence-corrected chi connectivity index (χ3v) is 11.3. The fraction of sp³-hybridized carbons (Fsp3) is 0.143. The van der Waals surface area contributed by atoms with Gasteiger partial charge in [0.15, 0.2) is 7.14 Å². The predicted molar refractivity (Wildman–Crippen MR) is 110 cm³/mol. The first-order chi connectivity index (χ1) is 12.6. The second-order valence-electron chi connectivity index (χ2n) is 5.98. The highest BCUT2D eigenvalue weighted by atomic mass is 31.2. The van der Waals surface area contributed by atoms with E-state index in [1.54, 1.807) is 12.1 Å². The minimum absolute atomic E-state index is 0.0219. The Hall–Kier alpha value is -1.92. The average Bonchev–Trinajstić information content (AvgIpc) is 2.70. The zero-order valence-corrected chi connectivity index (χ0v) is 16.5. The summed E-state index contributed by atoms with van der Waals surface area (Å²) in [6.45, 7) is 2.11. The van der Waals surface area contributed by atoms with Gasteiger partial charge in [0.1, 0.15) is 0 Å². The van der Waals surface area contributed by atoms with Crippen LogP contribution in [0.2, 0.25) is 0 Å². The van der Waals surface area contributed by atoms with Crippen LogP contribution in [0.25, 0.3) is 0 Å². The van der Waals surface area contributed by atoms with Crippen molar-refractivity contribution in [3.8, 4) is 0 Å². The summed E-state index contributed by atoms with van der Waals surface area (Å²) in [5.41, 5.74) is 0. The molecule has 3 nitrogen and oxygen atoms in total. The van der Waals surface area contributed by atoms with Crippen molar-refractivity contribution in [3.05, 3.63) is 91.0 Å². The molecule has 0 saturated heterocycles. The predicted octanol–water partition coefficient (Wildman–Crippen LogP) is 4.60. The van der Waals surface area contributed by atoms with E-state index in [1.165, 1.54) is 0 Å². The lowest BCUT2D eigenvalue weighted by atomic mass is 10.4. The van der Waals surface area contributed by atoms with Gasteiger partial charge in [0.25, 0.3) is 0 Å². The van der Waals surface area contributed by atoms with Gasteiger partial charge in [-0.1, -0.05) is 78.9 Å². The Labute approximate surface area is 154 Å². The Balaban J connectivity index is 2.14. The van der Waals surface area contributed by atoms with Crippen molar-refractivity contribution in [3.63, 3.8) is 0 Å². The molecule has 3 aromatic carbocycles. The summed E-state index contributed by atoms with van der Waals surface area (Å²) >= 11 is 0. The molecule has 0 amide bonds. The maximum Gasteiger partial charge on any atom is 0.239 e.